The maximum Gasteiger partial charge on any atom is 0.266 e. The average Bonchev–Trinajstić information content (AvgIpc) is 2.95. The Morgan fingerprint density at radius 2 is 1.97 bits per heavy atom. The van der Waals surface area contributed by atoms with Crippen molar-refractivity contribution in [1.82, 2.24) is 9.80 Å². The third-order valence-corrected chi connectivity index (χ3v) is 5.02. The number of imide groups is 1. The lowest BCUT2D eigenvalue weighted by molar-refractivity contribution is -0.121. The molecular formula is C20H25ClN2O6. The van der Waals surface area contributed by atoms with Crippen LogP contribution in [0.25, 0.3) is 0 Å². The molecule has 0 saturated carbocycles. The minimum atomic E-state index is -0.946. The molecule has 1 unspecified atom stereocenters. The van der Waals surface area contributed by atoms with Crippen LogP contribution < -0.4 is 4.74 Å². The number of aldehydes is 1. The molecule has 29 heavy (non-hydrogen) atoms. The van der Waals surface area contributed by atoms with Crippen LogP contribution in [0.3, 0.4) is 0 Å². The number of hydrogen-bond donors (Lipinski definition) is 0. The molecule has 0 aliphatic carbocycles. The van der Waals surface area contributed by atoms with Gasteiger partial charge in [-0.2, -0.15) is 0 Å². The number of Topliss-reactive ketones (excluding diaryl/α,β-unsaturated/α-hetero) is 1. The van der Waals surface area contributed by atoms with Crippen LogP contribution in [0.2, 0.25) is 0 Å². The van der Waals surface area contributed by atoms with Gasteiger partial charge in [-0.3, -0.25) is 24.2 Å². The second-order valence-corrected chi connectivity index (χ2v) is 6.83. The molecule has 2 aliphatic rings. The lowest BCUT2D eigenvalue weighted by Crippen LogP contribution is -2.44. The molecule has 2 aliphatic heterocycles. The van der Waals surface area contributed by atoms with Crippen LogP contribution in [0.4, 0.5) is 0 Å². The van der Waals surface area contributed by atoms with Crippen molar-refractivity contribution in [3.8, 4) is 5.75 Å². The Morgan fingerprint density at radius 1 is 1.24 bits per heavy atom. The standard InChI is InChI=1S/C20H24N2O6.ClH/c1-14(24)16(5-3-10-23)22-19(25)15-4-2-6-17(18(15)20(22)26)28-13-9-21-7-11-27-12-8-21;/h2,4,6,10,16H,3,5,7-9,11-13H2,1H3;1H. The predicted octanol–water partition coefficient (Wildman–Crippen LogP) is 1.35. The van der Waals surface area contributed by atoms with E-state index in [4.69, 9.17) is 9.47 Å². The van der Waals surface area contributed by atoms with E-state index in [1.54, 1.807) is 18.2 Å². The molecule has 9 heteroatoms. The van der Waals surface area contributed by atoms with Gasteiger partial charge >= 0.3 is 0 Å². The molecular weight excluding hydrogens is 400 g/mol. The van der Waals surface area contributed by atoms with E-state index in [9.17, 15) is 19.2 Å². The summed E-state index contributed by atoms with van der Waals surface area (Å²) in [6, 6.07) is 3.92. The van der Waals surface area contributed by atoms with Crippen LogP contribution in [-0.4, -0.2) is 79.2 Å². The zero-order valence-electron chi connectivity index (χ0n) is 16.3. The Balaban J connectivity index is 0.00000300. The van der Waals surface area contributed by atoms with E-state index in [2.05, 4.69) is 4.90 Å². The second-order valence-electron chi connectivity index (χ2n) is 6.83. The summed E-state index contributed by atoms with van der Waals surface area (Å²) in [5.74, 6) is -1.06. The summed E-state index contributed by atoms with van der Waals surface area (Å²) in [5.41, 5.74) is 0.415. The Kier molecular flexibility index (Phi) is 8.31. The number of ether oxygens (including phenoxy) is 2. The minimum Gasteiger partial charge on any atom is -0.491 e. The first-order valence-electron chi connectivity index (χ1n) is 9.42. The highest BCUT2D eigenvalue weighted by molar-refractivity contribution is 6.24. The van der Waals surface area contributed by atoms with Gasteiger partial charge in [-0.05, 0) is 25.5 Å². The molecule has 0 spiro atoms. The van der Waals surface area contributed by atoms with Crippen LogP contribution in [0.5, 0.6) is 5.75 Å². The van der Waals surface area contributed by atoms with Crippen molar-refractivity contribution in [2.75, 3.05) is 39.5 Å². The molecule has 8 nitrogen and oxygen atoms in total. The minimum absolute atomic E-state index is 0. The van der Waals surface area contributed by atoms with E-state index in [0.717, 1.165) is 18.0 Å². The molecule has 1 fully saturated rings. The smallest absolute Gasteiger partial charge is 0.266 e. The number of fused-ring (bicyclic) bond motifs is 1. The number of carbonyl (C=O) groups is 4. The number of hydrogen-bond acceptors (Lipinski definition) is 7. The summed E-state index contributed by atoms with van der Waals surface area (Å²) >= 11 is 0. The molecule has 1 saturated heterocycles. The van der Waals surface area contributed by atoms with Gasteiger partial charge in [0, 0.05) is 26.1 Å². The molecule has 3 rings (SSSR count). The van der Waals surface area contributed by atoms with Gasteiger partial charge in [-0.15, -0.1) is 12.4 Å². The topological polar surface area (TPSA) is 93.2 Å². The van der Waals surface area contributed by atoms with E-state index < -0.39 is 17.9 Å². The summed E-state index contributed by atoms with van der Waals surface area (Å²) in [6.45, 7) is 5.43. The molecule has 2 heterocycles. The third-order valence-electron chi connectivity index (χ3n) is 5.02. The third kappa shape index (κ3) is 5.01. The highest BCUT2D eigenvalue weighted by Crippen LogP contribution is 2.33. The lowest BCUT2D eigenvalue weighted by Gasteiger charge is -2.26. The second kappa shape index (κ2) is 10.5. The van der Waals surface area contributed by atoms with Crippen molar-refractivity contribution in [1.29, 1.82) is 0 Å². The number of halogens is 1. The summed E-state index contributed by atoms with van der Waals surface area (Å²) in [4.78, 5) is 51.6. The van der Waals surface area contributed by atoms with Crippen LogP contribution in [0, 0.1) is 0 Å². The van der Waals surface area contributed by atoms with Gasteiger partial charge in [0.1, 0.15) is 18.6 Å². The fourth-order valence-corrected chi connectivity index (χ4v) is 3.53. The summed E-state index contributed by atoms with van der Waals surface area (Å²) in [6.07, 6.45) is 0.895. The number of nitrogens with zero attached hydrogens (tertiary/aromatic N) is 2. The molecule has 1 aromatic rings. The number of carbonyl (C=O) groups excluding carboxylic acids is 4. The normalized spacial score (nSPS) is 17.5. The van der Waals surface area contributed by atoms with Crippen LogP contribution >= 0.6 is 12.4 Å². The predicted molar refractivity (Wildman–Crippen MR) is 107 cm³/mol. The van der Waals surface area contributed by atoms with Crippen molar-refractivity contribution < 1.29 is 28.7 Å². The Morgan fingerprint density at radius 3 is 2.62 bits per heavy atom. The summed E-state index contributed by atoms with van der Waals surface area (Å²) in [7, 11) is 0. The number of benzene rings is 1. The summed E-state index contributed by atoms with van der Waals surface area (Å²) in [5, 5.41) is 0. The van der Waals surface area contributed by atoms with E-state index in [1.807, 2.05) is 0 Å². The monoisotopic (exact) mass is 424 g/mol. The zero-order chi connectivity index (χ0) is 20.1. The molecule has 1 atom stereocenters. The van der Waals surface area contributed by atoms with Gasteiger partial charge in [0.2, 0.25) is 0 Å². The SMILES string of the molecule is CC(=O)C(CCC=O)N1C(=O)c2cccc(OCCN3CCOCC3)c2C1=O.Cl. The van der Waals surface area contributed by atoms with Gasteiger partial charge in [-0.1, -0.05) is 6.07 Å². The Bertz CT molecular complexity index is 778. The zero-order valence-corrected chi connectivity index (χ0v) is 17.1. The fourth-order valence-electron chi connectivity index (χ4n) is 3.53. The maximum absolute atomic E-state index is 13.0. The number of morpholine rings is 1. The van der Waals surface area contributed by atoms with Gasteiger partial charge < -0.3 is 14.3 Å². The van der Waals surface area contributed by atoms with E-state index in [1.165, 1.54) is 6.92 Å². The molecule has 2 amide bonds. The Hall–Kier alpha value is -2.29. The van der Waals surface area contributed by atoms with Gasteiger partial charge in [-0.25, -0.2) is 0 Å². The lowest BCUT2D eigenvalue weighted by atomic mass is 10.1. The molecule has 158 valence electrons. The largest absolute Gasteiger partial charge is 0.491 e. The number of amides is 2. The quantitative estimate of drug-likeness (QED) is 0.436. The highest BCUT2D eigenvalue weighted by Gasteiger charge is 2.43. The van der Waals surface area contributed by atoms with Crippen LogP contribution in [0.1, 0.15) is 40.5 Å². The van der Waals surface area contributed by atoms with Crippen LogP contribution in [-0.2, 0) is 14.3 Å². The van der Waals surface area contributed by atoms with Gasteiger partial charge in [0.05, 0.1) is 30.4 Å². The molecule has 0 aromatic heterocycles. The molecule has 0 bridgehead atoms. The van der Waals surface area contributed by atoms with E-state index in [0.29, 0.717) is 38.4 Å². The van der Waals surface area contributed by atoms with E-state index in [-0.39, 0.29) is 42.2 Å². The van der Waals surface area contributed by atoms with Crippen molar-refractivity contribution >= 4 is 36.3 Å². The van der Waals surface area contributed by atoms with E-state index >= 15 is 0 Å². The summed E-state index contributed by atoms with van der Waals surface area (Å²) < 4.78 is 11.1. The first kappa shape index (κ1) is 23.0. The van der Waals surface area contributed by atoms with Gasteiger partial charge in [0.15, 0.2) is 5.78 Å². The van der Waals surface area contributed by atoms with Crippen molar-refractivity contribution in [2.45, 2.75) is 25.8 Å². The number of ketones is 1. The van der Waals surface area contributed by atoms with Crippen LogP contribution in [0.15, 0.2) is 18.2 Å². The van der Waals surface area contributed by atoms with Crippen molar-refractivity contribution in [3.63, 3.8) is 0 Å². The van der Waals surface area contributed by atoms with Crippen molar-refractivity contribution in [2.24, 2.45) is 0 Å². The maximum atomic E-state index is 13.0. The first-order valence-corrected chi connectivity index (χ1v) is 9.42. The Labute approximate surface area is 175 Å². The molecule has 1 aromatic carbocycles. The molecule has 0 radical (unpaired) electrons. The average molecular weight is 425 g/mol. The highest BCUT2D eigenvalue weighted by atomic mass is 35.5. The fraction of sp³-hybridized carbons (Fsp3) is 0.500. The first-order chi connectivity index (χ1) is 13.5. The van der Waals surface area contributed by atoms with Crippen molar-refractivity contribution in [3.05, 3.63) is 29.3 Å². The number of rotatable bonds is 9. The van der Waals surface area contributed by atoms with Gasteiger partial charge in [0.25, 0.3) is 11.8 Å². The molecule has 0 N–H and O–H groups in total.